The van der Waals surface area contributed by atoms with Crippen LogP contribution in [0.15, 0.2) is 17.5 Å². The van der Waals surface area contributed by atoms with E-state index in [2.05, 4.69) is 11.4 Å². The first-order valence-corrected chi connectivity index (χ1v) is 5.97. The van der Waals surface area contributed by atoms with Gasteiger partial charge in [0.1, 0.15) is 0 Å². The smallest absolute Gasteiger partial charge is 0.0915 e. The Kier molecular flexibility index (Phi) is 1.74. The van der Waals surface area contributed by atoms with Crippen LogP contribution in [0, 0.1) is 17.8 Å². The average molecular weight is 194 g/mol. The molecule has 70 valence electrons. The summed E-state index contributed by atoms with van der Waals surface area (Å²) < 4.78 is 0. The minimum Gasteiger partial charge on any atom is -0.387 e. The molecule has 3 rings (SSSR count). The van der Waals surface area contributed by atoms with Crippen molar-refractivity contribution in [2.24, 2.45) is 17.8 Å². The van der Waals surface area contributed by atoms with E-state index in [1.54, 1.807) is 11.3 Å². The van der Waals surface area contributed by atoms with E-state index in [-0.39, 0.29) is 6.10 Å². The molecule has 3 atom stereocenters. The maximum absolute atomic E-state index is 10.1. The lowest BCUT2D eigenvalue weighted by Crippen LogP contribution is -2.01. The Balaban J connectivity index is 1.74. The van der Waals surface area contributed by atoms with Gasteiger partial charge in [0.05, 0.1) is 6.10 Å². The van der Waals surface area contributed by atoms with Gasteiger partial charge >= 0.3 is 0 Å². The van der Waals surface area contributed by atoms with Crippen LogP contribution in [0.2, 0.25) is 0 Å². The zero-order valence-electron chi connectivity index (χ0n) is 7.52. The van der Waals surface area contributed by atoms with Gasteiger partial charge in [0.25, 0.3) is 0 Å². The van der Waals surface area contributed by atoms with Crippen LogP contribution in [0.25, 0.3) is 0 Å². The summed E-state index contributed by atoms with van der Waals surface area (Å²) in [5.41, 5.74) is 0. The van der Waals surface area contributed by atoms with Crippen LogP contribution < -0.4 is 0 Å². The van der Waals surface area contributed by atoms with Crippen molar-refractivity contribution in [3.8, 4) is 0 Å². The van der Waals surface area contributed by atoms with Crippen LogP contribution in [0.4, 0.5) is 0 Å². The molecule has 0 amide bonds. The van der Waals surface area contributed by atoms with Gasteiger partial charge in [-0.25, -0.2) is 0 Å². The molecule has 0 bridgehead atoms. The Labute approximate surface area is 82.4 Å². The summed E-state index contributed by atoms with van der Waals surface area (Å²) in [6.45, 7) is 0. The summed E-state index contributed by atoms with van der Waals surface area (Å²) in [7, 11) is 0. The molecule has 1 N–H and O–H groups in total. The fourth-order valence-corrected chi connectivity index (χ4v) is 3.76. The molecule has 13 heavy (non-hydrogen) atoms. The Morgan fingerprint density at radius 2 is 2.15 bits per heavy atom. The highest BCUT2D eigenvalue weighted by atomic mass is 32.1. The van der Waals surface area contributed by atoms with E-state index in [1.807, 2.05) is 6.07 Å². The van der Waals surface area contributed by atoms with Crippen LogP contribution in [0.5, 0.6) is 0 Å². The van der Waals surface area contributed by atoms with Gasteiger partial charge < -0.3 is 5.11 Å². The van der Waals surface area contributed by atoms with Crippen LogP contribution in [0.3, 0.4) is 0 Å². The van der Waals surface area contributed by atoms with Crippen LogP contribution in [0.1, 0.15) is 30.2 Å². The first-order valence-electron chi connectivity index (χ1n) is 5.09. The topological polar surface area (TPSA) is 20.2 Å². The van der Waals surface area contributed by atoms with Crippen LogP contribution in [-0.2, 0) is 0 Å². The molecule has 1 heterocycles. The molecule has 2 aliphatic carbocycles. The summed E-state index contributed by atoms with van der Waals surface area (Å²) in [5, 5.41) is 12.1. The van der Waals surface area contributed by atoms with Crippen molar-refractivity contribution < 1.29 is 5.11 Å². The van der Waals surface area contributed by atoms with Gasteiger partial charge in [-0.3, -0.25) is 0 Å². The first kappa shape index (κ1) is 8.01. The third-order valence-corrected chi connectivity index (χ3v) is 4.61. The van der Waals surface area contributed by atoms with Gasteiger partial charge in [0.2, 0.25) is 0 Å². The second-order valence-corrected chi connectivity index (χ2v) is 5.28. The number of rotatable bonds is 2. The molecule has 0 aromatic carbocycles. The number of hydrogen-bond donors (Lipinski definition) is 1. The molecular formula is C11H14OS. The molecule has 0 radical (unpaired) electrons. The van der Waals surface area contributed by atoms with E-state index in [9.17, 15) is 5.11 Å². The van der Waals surface area contributed by atoms with E-state index in [1.165, 1.54) is 24.1 Å². The lowest BCUT2D eigenvalue weighted by Gasteiger charge is -2.09. The van der Waals surface area contributed by atoms with E-state index in [4.69, 9.17) is 0 Å². The minimum absolute atomic E-state index is 0.157. The van der Waals surface area contributed by atoms with Crippen molar-refractivity contribution in [2.75, 3.05) is 0 Å². The molecule has 1 aromatic rings. The van der Waals surface area contributed by atoms with Crippen molar-refractivity contribution in [1.82, 2.24) is 0 Å². The summed E-state index contributed by atoms with van der Waals surface area (Å²) in [6.07, 6.45) is 3.95. The maximum Gasteiger partial charge on any atom is 0.0915 e. The highest BCUT2D eigenvalue weighted by Gasteiger charge is 2.56. The molecule has 1 aromatic heterocycles. The standard InChI is InChI=1S/C11H14OS/c12-11(9-5-2-6-13-9)10-7-3-1-4-8(7)10/h2,5-8,10-12H,1,3-4H2. The van der Waals surface area contributed by atoms with Gasteiger partial charge in [-0.15, -0.1) is 11.3 Å². The third kappa shape index (κ3) is 1.16. The summed E-state index contributed by atoms with van der Waals surface area (Å²) in [4.78, 5) is 1.17. The van der Waals surface area contributed by atoms with E-state index in [0.29, 0.717) is 5.92 Å². The predicted octanol–water partition coefficient (Wildman–Crippen LogP) is 2.83. The number of thiophene rings is 1. The summed E-state index contributed by atoms with van der Waals surface area (Å²) in [6, 6.07) is 4.09. The van der Waals surface area contributed by atoms with E-state index in [0.717, 1.165) is 11.8 Å². The molecule has 3 unspecified atom stereocenters. The maximum atomic E-state index is 10.1. The fraction of sp³-hybridized carbons (Fsp3) is 0.636. The molecule has 0 spiro atoms. The SMILES string of the molecule is OC(c1cccs1)C1C2CCCC21. The zero-order chi connectivity index (χ0) is 8.84. The second-order valence-electron chi connectivity index (χ2n) is 4.30. The summed E-state index contributed by atoms with van der Waals surface area (Å²) in [5.74, 6) is 2.32. The molecular weight excluding hydrogens is 180 g/mol. The van der Waals surface area contributed by atoms with Crippen LogP contribution >= 0.6 is 11.3 Å². The largest absolute Gasteiger partial charge is 0.387 e. The monoisotopic (exact) mass is 194 g/mol. The lowest BCUT2D eigenvalue weighted by atomic mass is 10.1. The molecule has 2 heteroatoms. The van der Waals surface area contributed by atoms with Gasteiger partial charge in [0, 0.05) is 4.88 Å². The highest BCUT2D eigenvalue weighted by molar-refractivity contribution is 7.10. The van der Waals surface area contributed by atoms with Gasteiger partial charge in [0.15, 0.2) is 0 Å². The Hall–Kier alpha value is -0.340. The number of aliphatic hydroxyl groups is 1. The molecule has 0 saturated heterocycles. The number of fused-ring (bicyclic) bond motifs is 1. The van der Waals surface area contributed by atoms with Crippen molar-refractivity contribution >= 4 is 11.3 Å². The molecule has 2 saturated carbocycles. The van der Waals surface area contributed by atoms with Gasteiger partial charge in [-0.1, -0.05) is 12.5 Å². The number of aliphatic hydroxyl groups excluding tert-OH is 1. The second kappa shape index (κ2) is 2.82. The van der Waals surface area contributed by atoms with Crippen LogP contribution in [-0.4, -0.2) is 5.11 Å². The zero-order valence-corrected chi connectivity index (χ0v) is 8.33. The summed E-state index contributed by atoms with van der Waals surface area (Å²) >= 11 is 1.69. The average Bonchev–Trinajstić information content (AvgIpc) is 2.68. The fourth-order valence-electron chi connectivity index (χ4n) is 2.99. The lowest BCUT2D eigenvalue weighted by molar-refractivity contribution is 0.141. The Morgan fingerprint density at radius 3 is 2.77 bits per heavy atom. The highest BCUT2D eigenvalue weighted by Crippen LogP contribution is 2.62. The van der Waals surface area contributed by atoms with E-state index < -0.39 is 0 Å². The van der Waals surface area contributed by atoms with Gasteiger partial charge in [-0.05, 0) is 42.0 Å². The molecule has 2 aliphatic rings. The van der Waals surface area contributed by atoms with Crippen molar-refractivity contribution in [1.29, 1.82) is 0 Å². The number of hydrogen-bond acceptors (Lipinski definition) is 2. The minimum atomic E-state index is -0.157. The van der Waals surface area contributed by atoms with Crippen molar-refractivity contribution in [3.05, 3.63) is 22.4 Å². The van der Waals surface area contributed by atoms with Crippen molar-refractivity contribution in [2.45, 2.75) is 25.4 Å². The van der Waals surface area contributed by atoms with E-state index >= 15 is 0 Å². The first-order chi connectivity index (χ1) is 6.38. The van der Waals surface area contributed by atoms with Gasteiger partial charge in [-0.2, -0.15) is 0 Å². The Bertz CT molecular complexity index is 283. The quantitative estimate of drug-likeness (QED) is 0.767. The third-order valence-electron chi connectivity index (χ3n) is 3.67. The Morgan fingerprint density at radius 1 is 1.38 bits per heavy atom. The molecule has 2 fully saturated rings. The molecule has 1 nitrogen and oxygen atoms in total. The predicted molar refractivity (Wildman–Crippen MR) is 53.6 cm³/mol. The molecule has 0 aliphatic heterocycles. The normalized spacial score (nSPS) is 38.7. The van der Waals surface area contributed by atoms with Crippen molar-refractivity contribution in [3.63, 3.8) is 0 Å².